The number of hydrogen-bond donors (Lipinski definition) is 1. The van der Waals surface area contributed by atoms with E-state index in [0.717, 1.165) is 44.7 Å². The van der Waals surface area contributed by atoms with Gasteiger partial charge in [-0.1, -0.05) is 25.0 Å². The number of aromatic nitrogens is 1. The zero-order valence-electron chi connectivity index (χ0n) is 15.4. The molecule has 2 aromatic rings. The minimum atomic E-state index is -0.180. The summed E-state index contributed by atoms with van der Waals surface area (Å²) in [4.78, 5) is 21.0. The molecule has 0 radical (unpaired) electrons. The van der Waals surface area contributed by atoms with Crippen LogP contribution in [-0.2, 0) is 0 Å². The molecule has 4 rings (SSSR count). The van der Waals surface area contributed by atoms with Gasteiger partial charge in [0.15, 0.2) is 0 Å². The molecule has 0 unspecified atom stereocenters. The number of benzene rings is 1. The molecule has 0 spiro atoms. The SMILES string of the molecule is O=C(NC1CCCC1)c1cc(N2CCN(c3ccccc3F)CC2)ccn1. The first-order chi connectivity index (χ1) is 13.2. The summed E-state index contributed by atoms with van der Waals surface area (Å²) in [6.45, 7) is 3.05. The van der Waals surface area contributed by atoms with E-state index in [1.165, 1.54) is 18.9 Å². The van der Waals surface area contributed by atoms with Crippen LogP contribution in [0.25, 0.3) is 0 Å². The number of anilines is 2. The topological polar surface area (TPSA) is 48.5 Å². The van der Waals surface area contributed by atoms with Gasteiger partial charge in [0.2, 0.25) is 0 Å². The summed E-state index contributed by atoms with van der Waals surface area (Å²) in [6.07, 6.45) is 6.18. The van der Waals surface area contributed by atoms with Crippen LogP contribution in [0.4, 0.5) is 15.8 Å². The number of para-hydroxylation sites is 1. The molecule has 1 aromatic heterocycles. The van der Waals surface area contributed by atoms with Crippen molar-refractivity contribution in [2.75, 3.05) is 36.0 Å². The van der Waals surface area contributed by atoms with E-state index in [0.29, 0.717) is 11.4 Å². The highest BCUT2D eigenvalue weighted by Gasteiger charge is 2.22. The van der Waals surface area contributed by atoms with Gasteiger partial charge in [-0.25, -0.2) is 4.39 Å². The average Bonchev–Trinajstić information content (AvgIpc) is 3.22. The lowest BCUT2D eigenvalue weighted by Gasteiger charge is -2.37. The van der Waals surface area contributed by atoms with E-state index in [4.69, 9.17) is 0 Å². The number of nitrogens with zero attached hydrogens (tertiary/aromatic N) is 3. The van der Waals surface area contributed by atoms with Crippen molar-refractivity contribution in [1.82, 2.24) is 10.3 Å². The molecule has 1 N–H and O–H groups in total. The van der Waals surface area contributed by atoms with Crippen LogP contribution in [0.5, 0.6) is 0 Å². The number of rotatable bonds is 4. The van der Waals surface area contributed by atoms with Gasteiger partial charge in [0.1, 0.15) is 11.5 Å². The van der Waals surface area contributed by atoms with Gasteiger partial charge in [-0.2, -0.15) is 0 Å². The lowest BCUT2D eigenvalue weighted by Crippen LogP contribution is -2.47. The molecule has 1 aliphatic carbocycles. The molecule has 0 atom stereocenters. The summed E-state index contributed by atoms with van der Waals surface area (Å²) in [6, 6.07) is 11.0. The Balaban J connectivity index is 1.39. The third-order valence-electron chi connectivity index (χ3n) is 5.50. The predicted molar refractivity (Wildman–Crippen MR) is 105 cm³/mol. The number of pyridine rings is 1. The Labute approximate surface area is 159 Å². The van der Waals surface area contributed by atoms with E-state index in [-0.39, 0.29) is 17.8 Å². The zero-order valence-corrected chi connectivity index (χ0v) is 15.4. The Kier molecular flexibility index (Phi) is 5.23. The quantitative estimate of drug-likeness (QED) is 0.900. The van der Waals surface area contributed by atoms with Crippen LogP contribution in [0.15, 0.2) is 42.6 Å². The van der Waals surface area contributed by atoms with E-state index >= 15 is 0 Å². The third-order valence-corrected chi connectivity index (χ3v) is 5.50. The number of carbonyl (C=O) groups is 1. The smallest absolute Gasteiger partial charge is 0.270 e. The Morgan fingerprint density at radius 2 is 1.74 bits per heavy atom. The third kappa shape index (κ3) is 4.04. The lowest BCUT2D eigenvalue weighted by molar-refractivity contribution is 0.0933. The first-order valence-electron chi connectivity index (χ1n) is 9.72. The molecular formula is C21H25FN4O. The van der Waals surface area contributed by atoms with Crippen molar-refractivity contribution in [1.29, 1.82) is 0 Å². The summed E-state index contributed by atoms with van der Waals surface area (Å²) in [5.41, 5.74) is 2.12. The lowest BCUT2D eigenvalue weighted by atomic mass is 10.2. The first kappa shape index (κ1) is 17.8. The molecule has 6 heteroatoms. The molecule has 1 amide bonds. The second kappa shape index (κ2) is 7.94. The number of halogens is 1. The van der Waals surface area contributed by atoms with Crippen LogP contribution >= 0.6 is 0 Å². The second-order valence-electron chi connectivity index (χ2n) is 7.28. The fourth-order valence-corrected chi connectivity index (χ4v) is 3.98. The number of nitrogens with one attached hydrogen (secondary N) is 1. The van der Waals surface area contributed by atoms with Crippen molar-refractivity contribution in [2.45, 2.75) is 31.7 Å². The van der Waals surface area contributed by atoms with Crippen LogP contribution < -0.4 is 15.1 Å². The number of amides is 1. The van der Waals surface area contributed by atoms with Crippen molar-refractivity contribution in [3.63, 3.8) is 0 Å². The highest BCUT2D eigenvalue weighted by Crippen LogP contribution is 2.23. The summed E-state index contributed by atoms with van der Waals surface area (Å²) in [7, 11) is 0. The maximum absolute atomic E-state index is 14.0. The summed E-state index contributed by atoms with van der Waals surface area (Å²) >= 11 is 0. The van der Waals surface area contributed by atoms with E-state index in [2.05, 4.69) is 20.1 Å². The number of carbonyl (C=O) groups excluding carboxylic acids is 1. The molecule has 1 saturated heterocycles. The van der Waals surface area contributed by atoms with Gasteiger partial charge in [0.25, 0.3) is 5.91 Å². The highest BCUT2D eigenvalue weighted by molar-refractivity contribution is 5.93. The number of piperazine rings is 1. The first-order valence-corrected chi connectivity index (χ1v) is 9.72. The summed E-state index contributed by atoms with van der Waals surface area (Å²) in [5.74, 6) is -0.269. The molecule has 1 aromatic carbocycles. The van der Waals surface area contributed by atoms with Gasteiger partial charge >= 0.3 is 0 Å². The normalized spacial score (nSPS) is 18.0. The Morgan fingerprint density at radius 3 is 2.48 bits per heavy atom. The van der Waals surface area contributed by atoms with Gasteiger partial charge < -0.3 is 15.1 Å². The molecule has 2 fully saturated rings. The molecule has 27 heavy (non-hydrogen) atoms. The largest absolute Gasteiger partial charge is 0.368 e. The molecule has 5 nitrogen and oxygen atoms in total. The Hall–Kier alpha value is -2.63. The van der Waals surface area contributed by atoms with Crippen molar-refractivity contribution in [3.8, 4) is 0 Å². The van der Waals surface area contributed by atoms with Crippen molar-refractivity contribution in [2.24, 2.45) is 0 Å². The highest BCUT2D eigenvalue weighted by atomic mass is 19.1. The Morgan fingerprint density at radius 1 is 1.04 bits per heavy atom. The van der Waals surface area contributed by atoms with Gasteiger partial charge in [-0.15, -0.1) is 0 Å². The van der Waals surface area contributed by atoms with Crippen molar-refractivity contribution >= 4 is 17.3 Å². The molecule has 0 bridgehead atoms. The molecule has 1 aliphatic heterocycles. The fourth-order valence-electron chi connectivity index (χ4n) is 3.98. The van der Waals surface area contributed by atoms with Crippen molar-refractivity contribution in [3.05, 3.63) is 54.1 Å². The molecule has 2 aliphatic rings. The zero-order chi connectivity index (χ0) is 18.6. The van der Waals surface area contributed by atoms with Gasteiger partial charge in [-0.3, -0.25) is 9.78 Å². The monoisotopic (exact) mass is 368 g/mol. The van der Waals surface area contributed by atoms with Crippen molar-refractivity contribution < 1.29 is 9.18 Å². The van der Waals surface area contributed by atoms with E-state index < -0.39 is 0 Å². The van der Waals surface area contributed by atoms with Crippen LogP contribution in [-0.4, -0.2) is 43.1 Å². The maximum Gasteiger partial charge on any atom is 0.270 e. The second-order valence-corrected chi connectivity index (χ2v) is 7.28. The van der Waals surface area contributed by atoms with Crippen LogP contribution in [0.3, 0.4) is 0 Å². The minimum absolute atomic E-state index is 0.0891. The standard InChI is InChI=1S/C21H25FN4O/c22-18-7-3-4-8-20(18)26-13-11-25(12-14-26)17-9-10-23-19(15-17)21(27)24-16-5-1-2-6-16/h3-4,7-10,15-16H,1-2,5-6,11-14H2,(H,24,27). The van der Waals surface area contributed by atoms with Crippen LogP contribution in [0.1, 0.15) is 36.2 Å². The predicted octanol–water partition coefficient (Wildman–Crippen LogP) is 3.22. The summed E-state index contributed by atoms with van der Waals surface area (Å²) < 4.78 is 14.0. The van der Waals surface area contributed by atoms with E-state index in [1.54, 1.807) is 12.3 Å². The van der Waals surface area contributed by atoms with Gasteiger partial charge in [0, 0.05) is 44.1 Å². The van der Waals surface area contributed by atoms with Crippen LogP contribution in [0.2, 0.25) is 0 Å². The maximum atomic E-state index is 14.0. The molecular weight excluding hydrogens is 343 g/mol. The average molecular weight is 368 g/mol. The van der Waals surface area contributed by atoms with Crippen LogP contribution in [0, 0.1) is 5.82 Å². The molecule has 2 heterocycles. The van der Waals surface area contributed by atoms with E-state index in [9.17, 15) is 9.18 Å². The minimum Gasteiger partial charge on any atom is -0.368 e. The molecule has 1 saturated carbocycles. The molecule has 142 valence electrons. The van der Waals surface area contributed by atoms with Gasteiger partial charge in [0.05, 0.1) is 5.69 Å². The van der Waals surface area contributed by atoms with Gasteiger partial charge in [-0.05, 0) is 37.1 Å². The number of hydrogen-bond acceptors (Lipinski definition) is 4. The van der Waals surface area contributed by atoms with E-state index in [1.807, 2.05) is 24.3 Å². The summed E-state index contributed by atoms with van der Waals surface area (Å²) in [5, 5.41) is 3.09. The fraction of sp³-hybridized carbons (Fsp3) is 0.429. The Bertz CT molecular complexity index is 798.